The summed E-state index contributed by atoms with van der Waals surface area (Å²) in [6.45, 7) is 2.60. The quantitative estimate of drug-likeness (QED) is 0.672. The number of carboxylic acid groups (broad SMARTS) is 1. The first-order chi connectivity index (χ1) is 9.54. The van der Waals surface area contributed by atoms with Crippen molar-refractivity contribution in [3.05, 3.63) is 0 Å². The molecule has 1 heterocycles. The molecule has 0 aliphatic carbocycles. The molecule has 5 nitrogen and oxygen atoms in total. The fourth-order valence-electron chi connectivity index (χ4n) is 3.15. The highest BCUT2D eigenvalue weighted by Gasteiger charge is 2.46. The van der Waals surface area contributed by atoms with Crippen LogP contribution in [0.3, 0.4) is 0 Å². The van der Waals surface area contributed by atoms with Crippen molar-refractivity contribution in [3.8, 4) is 0 Å². The summed E-state index contributed by atoms with van der Waals surface area (Å²) in [5, 5.41) is 9.31. The van der Waals surface area contributed by atoms with Gasteiger partial charge < -0.3 is 10.8 Å². The molecule has 0 bridgehead atoms. The molecule has 116 valence electrons. The molecule has 0 saturated carbocycles. The number of unbranched alkanes of at least 4 members (excludes halogenated alkanes) is 5. The molecule has 1 unspecified atom stereocenters. The Balaban J connectivity index is 2.57. The molecule has 1 aliphatic heterocycles. The van der Waals surface area contributed by atoms with Crippen molar-refractivity contribution in [2.75, 3.05) is 6.54 Å². The zero-order valence-corrected chi connectivity index (χ0v) is 12.6. The lowest BCUT2D eigenvalue weighted by Crippen LogP contribution is -2.61. The predicted octanol–water partition coefficient (Wildman–Crippen LogP) is 3.13. The van der Waals surface area contributed by atoms with Gasteiger partial charge in [0.15, 0.2) is 0 Å². The SMILES string of the molecule is CCCCCCCCC1(C(N)=O)CCCCN1C(=O)O. The Bertz CT molecular complexity index is 333. The number of nitrogens with zero attached hydrogens (tertiary/aromatic N) is 1. The summed E-state index contributed by atoms with van der Waals surface area (Å²) in [7, 11) is 0. The van der Waals surface area contributed by atoms with Gasteiger partial charge in [-0.1, -0.05) is 45.4 Å². The van der Waals surface area contributed by atoms with Crippen LogP contribution in [0.4, 0.5) is 4.79 Å². The second-order valence-electron chi connectivity index (χ2n) is 5.80. The number of amides is 2. The van der Waals surface area contributed by atoms with E-state index in [-0.39, 0.29) is 0 Å². The summed E-state index contributed by atoms with van der Waals surface area (Å²) in [5.74, 6) is -0.479. The highest BCUT2D eigenvalue weighted by molar-refractivity contribution is 5.88. The molecule has 1 saturated heterocycles. The van der Waals surface area contributed by atoms with Gasteiger partial charge in [-0.15, -0.1) is 0 Å². The average Bonchev–Trinajstić information content (AvgIpc) is 2.42. The third kappa shape index (κ3) is 4.12. The third-order valence-corrected chi connectivity index (χ3v) is 4.37. The molecule has 1 aliphatic rings. The molecular formula is C15H28N2O3. The Labute approximate surface area is 121 Å². The zero-order valence-electron chi connectivity index (χ0n) is 12.6. The molecule has 0 aromatic rings. The van der Waals surface area contributed by atoms with Gasteiger partial charge in [-0.3, -0.25) is 9.69 Å². The van der Waals surface area contributed by atoms with E-state index >= 15 is 0 Å². The van der Waals surface area contributed by atoms with E-state index in [1.165, 1.54) is 24.2 Å². The minimum absolute atomic E-state index is 0.425. The molecule has 1 atom stereocenters. The number of carbonyl (C=O) groups excluding carboxylic acids is 1. The van der Waals surface area contributed by atoms with E-state index in [4.69, 9.17) is 5.73 Å². The number of carbonyl (C=O) groups is 2. The maximum Gasteiger partial charge on any atom is 0.408 e. The van der Waals surface area contributed by atoms with Crippen LogP contribution in [0.15, 0.2) is 0 Å². The Morgan fingerprint density at radius 2 is 1.80 bits per heavy atom. The standard InChI is InChI=1S/C15H28N2O3/c1-2-3-4-5-6-7-10-15(13(16)18)11-8-9-12-17(15)14(19)20/h2-12H2,1H3,(H2,16,18)(H,19,20). The van der Waals surface area contributed by atoms with Gasteiger partial charge in [0.2, 0.25) is 5.91 Å². The Hall–Kier alpha value is -1.26. The van der Waals surface area contributed by atoms with Crippen LogP contribution in [-0.4, -0.2) is 34.1 Å². The van der Waals surface area contributed by atoms with Crippen LogP contribution >= 0.6 is 0 Å². The number of hydrogen-bond acceptors (Lipinski definition) is 2. The Kier molecular flexibility index (Phi) is 6.82. The molecule has 0 aromatic carbocycles. The first-order valence-electron chi connectivity index (χ1n) is 7.85. The van der Waals surface area contributed by atoms with Crippen molar-refractivity contribution in [2.45, 2.75) is 76.7 Å². The lowest BCUT2D eigenvalue weighted by molar-refractivity contribution is -0.131. The maximum atomic E-state index is 11.9. The molecule has 5 heteroatoms. The second kappa shape index (κ2) is 8.12. The minimum atomic E-state index is -1.02. The molecule has 1 rings (SSSR count). The van der Waals surface area contributed by atoms with E-state index in [1.54, 1.807) is 0 Å². The molecular weight excluding hydrogens is 256 g/mol. The van der Waals surface area contributed by atoms with Gasteiger partial charge in [-0.25, -0.2) is 4.79 Å². The van der Waals surface area contributed by atoms with Crippen LogP contribution in [-0.2, 0) is 4.79 Å². The first kappa shape index (κ1) is 16.8. The fourth-order valence-corrected chi connectivity index (χ4v) is 3.15. The summed E-state index contributed by atoms with van der Waals surface area (Å²) in [6, 6.07) is 0. The topological polar surface area (TPSA) is 83.6 Å². The normalized spacial score (nSPS) is 22.8. The molecule has 3 N–H and O–H groups in total. The lowest BCUT2D eigenvalue weighted by atomic mass is 9.81. The number of piperidine rings is 1. The van der Waals surface area contributed by atoms with Crippen molar-refractivity contribution in [2.24, 2.45) is 5.73 Å². The van der Waals surface area contributed by atoms with Gasteiger partial charge >= 0.3 is 6.09 Å². The molecule has 0 spiro atoms. The van der Waals surface area contributed by atoms with Gasteiger partial charge in [0.25, 0.3) is 0 Å². The highest BCUT2D eigenvalue weighted by Crippen LogP contribution is 2.33. The summed E-state index contributed by atoms with van der Waals surface area (Å²) >= 11 is 0. The third-order valence-electron chi connectivity index (χ3n) is 4.37. The smallest absolute Gasteiger partial charge is 0.408 e. The van der Waals surface area contributed by atoms with Crippen LogP contribution < -0.4 is 5.73 Å². The largest absolute Gasteiger partial charge is 0.465 e. The molecule has 1 fully saturated rings. The first-order valence-corrected chi connectivity index (χ1v) is 7.85. The van der Waals surface area contributed by atoms with E-state index in [2.05, 4.69) is 6.92 Å². The summed E-state index contributed by atoms with van der Waals surface area (Å²) in [6.07, 6.45) is 8.54. The van der Waals surface area contributed by atoms with E-state index in [0.717, 1.165) is 32.1 Å². The van der Waals surface area contributed by atoms with Crippen molar-refractivity contribution < 1.29 is 14.7 Å². The number of primary amides is 1. The average molecular weight is 284 g/mol. The van der Waals surface area contributed by atoms with Crippen LogP contribution in [0, 0.1) is 0 Å². The summed E-state index contributed by atoms with van der Waals surface area (Å²) < 4.78 is 0. The summed E-state index contributed by atoms with van der Waals surface area (Å²) in [5.41, 5.74) is 4.59. The molecule has 20 heavy (non-hydrogen) atoms. The molecule has 0 aromatic heterocycles. The van der Waals surface area contributed by atoms with Gasteiger partial charge in [-0.2, -0.15) is 0 Å². The van der Waals surface area contributed by atoms with E-state index in [0.29, 0.717) is 19.4 Å². The number of nitrogens with two attached hydrogens (primary N) is 1. The van der Waals surface area contributed by atoms with E-state index in [9.17, 15) is 14.7 Å². The second-order valence-corrected chi connectivity index (χ2v) is 5.80. The van der Waals surface area contributed by atoms with E-state index < -0.39 is 17.5 Å². The number of hydrogen-bond donors (Lipinski definition) is 2. The van der Waals surface area contributed by atoms with Crippen molar-refractivity contribution >= 4 is 12.0 Å². The van der Waals surface area contributed by atoms with Gasteiger partial charge in [-0.05, 0) is 25.7 Å². The fraction of sp³-hybridized carbons (Fsp3) is 0.867. The van der Waals surface area contributed by atoms with Crippen LogP contribution in [0.25, 0.3) is 0 Å². The zero-order chi connectivity index (χ0) is 15.0. The lowest BCUT2D eigenvalue weighted by Gasteiger charge is -2.43. The van der Waals surface area contributed by atoms with Crippen molar-refractivity contribution in [1.82, 2.24) is 4.90 Å². The van der Waals surface area contributed by atoms with Gasteiger partial charge in [0.1, 0.15) is 5.54 Å². The predicted molar refractivity (Wildman–Crippen MR) is 78.5 cm³/mol. The number of rotatable bonds is 8. The van der Waals surface area contributed by atoms with Crippen molar-refractivity contribution in [1.29, 1.82) is 0 Å². The van der Waals surface area contributed by atoms with Crippen LogP contribution in [0.2, 0.25) is 0 Å². The Morgan fingerprint density at radius 3 is 2.40 bits per heavy atom. The van der Waals surface area contributed by atoms with E-state index in [1.807, 2.05) is 0 Å². The van der Waals surface area contributed by atoms with Crippen LogP contribution in [0.5, 0.6) is 0 Å². The monoisotopic (exact) mass is 284 g/mol. The maximum absolute atomic E-state index is 11.9. The number of likely N-dealkylation sites (tertiary alicyclic amines) is 1. The highest BCUT2D eigenvalue weighted by atomic mass is 16.4. The van der Waals surface area contributed by atoms with Crippen LogP contribution in [0.1, 0.15) is 71.1 Å². The van der Waals surface area contributed by atoms with Gasteiger partial charge in [0.05, 0.1) is 0 Å². The van der Waals surface area contributed by atoms with Crippen molar-refractivity contribution in [3.63, 3.8) is 0 Å². The molecule has 2 amide bonds. The minimum Gasteiger partial charge on any atom is -0.465 e. The summed E-state index contributed by atoms with van der Waals surface area (Å²) in [4.78, 5) is 24.5. The Morgan fingerprint density at radius 1 is 1.15 bits per heavy atom. The molecule has 0 radical (unpaired) electrons. The van der Waals surface area contributed by atoms with Gasteiger partial charge in [0, 0.05) is 6.54 Å².